The molecule has 0 amide bonds. The quantitative estimate of drug-likeness (QED) is 0.756. The Balaban J connectivity index is 1.37. The van der Waals surface area contributed by atoms with Gasteiger partial charge in [0.1, 0.15) is 0 Å². The van der Waals surface area contributed by atoms with E-state index in [4.69, 9.17) is 9.15 Å². The summed E-state index contributed by atoms with van der Waals surface area (Å²) in [5.41, 5.74) is 3.25. The van der Waals surface area contributed by atoms with E-state index >= 15 is 0 Å². The molecule has 5 rings (SSSR count). The molecule has 26 heavy (non-hydrogen) atoms. The average Bonchev–Trinajstić information content (AvgIpc) is 3.25. The van der Waals surface area contributed by atoms with Gasteiger partial charge in [0, 0.05) is 18.7 Å². The van der Waals surface area contributed by atoms with Gasteiger partial charge in [-0.15, -0.1) is 0 Å². The minimum atomic E-state index is -0.190. The Morgan fingerprint density at radius 1 is 0.962 bits per heavy atom. The molecule has 0 saturated carbocycles. The lowest BCUT2D eigenvalue weighted by molar-refractivity contribution is -0.0555. The third-order valence-corrected chi connectivity index (χ3v) is 5.49. The predicted octanol–water partition coefficient (Wildman–Crippen LogP) is 4.07. The molecule has 0 bridgehead atoms. The van der Waals surface area contributed by atoms with Gasteiger partial charge >= 0.3 is 6.01 Å². The Morgan fingerprint density at radius 3 is 2.50 bits per heavy atom. The highest BCUT2D eigenvalue weighted by Gasteiger charge is 2.43. The minimum Gasteiger partial charge on any atom is -0.490 e. The Morgan fingerprint density at radius 2 is 1.69 bits per heavy atom. The maximum Gasteiger partial charge on any atom is 0.301 e. The Labute approximate surface area is 151 Å². The first kappa shape index (κ1) is 15.5. The van der Waals surface area contributed by atoms with Gasteiger partial charge < -0.3 is 19.2 Å². The van der Waals surface area contributed by atoms with Crippen LogP contribution in [0.4, 0.5) is 6.01 Å². The van der Waals surface area contributed by atoms with E-state index in [1.54, 1.807) is 0 Å². The van der Waals surface area contributed by atoms with Crippen LogP contribution in [0.15, 0.2) is 59.0 Å². The van der Waals surface area contributed by atoms with Crippen LogP contribution in [0.3, 0.4) is 0 Å². The smallest absolute Gasteiger partial charge is 0.301 e. The van der Waals surface area contributed by atoms with Gasteiger partial charge in [0.05, 0.1) is 12.2 Å². The number of fused-ring (bicyclic) bond motifs is 2. The van der Waals surface area contributed by atoms with Crippen LogP contribution >= 0.6 is 0 Å². The molecule has 0 radical (unpaired) electrons. The van der Waals surface area contributed by atoms with E-state index in [0.29, 0.717) is 18.4 Å². The van der Waals surface area contributed by atoms with Crippen molar-refractivity contribution in [2.24, 2.45) is 0 Å². The summed E-state index contributed by atoms with van der Waals surface area (Å²) < 4.78 is 12.1. The highest BCUT2D eigenvalue weighted by molar-refractivity contribution is 5.63. The Bertz CT molecular complexity index is 927. The van der Waals surface area contributed by atoms with Gasteiger partial charge in [0.2, 0.25) is 0 Å². The van der Waals surface area contributed by atoms with Gasteiger partial charge in [-0.25, -0.2) is 0 Å². The molecule has 0 unspecified atom stereocenters. The standard InChI is InChI=1S/C21H20N2O3/c24-19-18(15-6-2-1-3-7-15)26-20(22-19)23-12-10-21(11-13-23)17-9-5-4-8-16(17)14-25-21/h1-9,24H,10-14H2. The molecule has 1 aromatic heterocycles. The lowest BCUT2D eigenvalue weighted by Gasteiger charge is -2.38. The number of aromatic nitrogens is 1. The van der Waals surface area contributed by atoms with Crippen molar-refractivity contribution in [3.63, 3.8) is 0 Å². The zero-order valence-electron chi connectivity index (χ0n) is 14.4. The zero-order chi connectivity index (χ0) is 17.6. The summed E-state index contributed by atoms with van der Waals surface area (Å²) in [4.78, 5) is 6.33. The summed E-state index contributed by atoms with van der Waals surface area (Å²) in [6, 6.07) is 18.5. The van der Waals surface area contributed by atoms with Gasteiger partial charge in [-0.1, -0.05) is 54.6 Å². The number of oxazole rings is 1. The summed E-state index contributed by atoms with van der Waals surface area (Å²) in [6.45, 7) is 2.25. The van der Waals surface area contributed by atoms with E-state index in [0.717, 1.165) is 31.5 Å². The molecule has 2 aliphatic heterocycles. The van der Waals surface area contributed by atoms with Crippen LogP contribution in [0.5, 0.6) is 5.88 Å². The molecule has 0 atom stereocenters. The second-order valence-corrected chi connectivity index (χ2v) is 6.94. The van der Waals surface area contributed by atoms with Crippen LogP contribution in [0, 0.1) is 0 Å². The van der Waals surface area contributed by atoms with Crippen molar-refractivity contribution < 1.29 is 14.3 Å². The number of anilines is 1. The molecule has 0 aliphatic carbocycles. The number of piperidine rings is 1. The fourth-order valence-electron chi connectivity index (χ4n) is 4.07. The maximum absolute atomic E-state index is 10.2. The largest absolute Gasteiger partial charge is 0.490 e. The van der Waals surface area contributed by atoms with Crippen molar-refractivity contribution >= 4 is 6.01 Å². The lowest BCUT2D eigenvalue weighted by Crippen LogP contribution is -2.42. The van der Waals surface area contributed by atoms with E-state index in [1.807, 2.05) is 30.3 Å². The van der Waals surface area contributed by atoms with Crippen LogP contribution in [0.1, 0.15) is 24.0 Å². The first-order valence-electron chi connectivity index (χ1n) is 8.98. The fraction of sp³-hybridized carbons (Fsp3) is 0.286. The monoisotopic (exact) mass is 348 g/mol. The Kier molecular flexibility index (Phi) is 3.50. The minimum absolute atomic E-state index is 0.0612. The predicted molar refractivity (Wildman–Crippen MR) is 98.0 cm³/mol. The molecule has 1 N–H and O–H groups in total. The molecule has 1 spiro atoms. The number of ether oxygens (including phenoxy) is 1. The number of hydrogen-bond acceptors (Lipinski definition) is 5. The highest BCUT2D eigenvalue weighted by Crippen LogP contribution is 2.45. The van der Waals surface area contributed by atoms with Crippen LogP contribution < -0.4 is 4.90 Å². The molecular weight excluding hydrogens is 328 g/mol. The van der Waals surface area contributed by atoms with Crippen molar-refractivity contribution in [1.82, 2.24) is 4.98 Å². The summed E-state index contributed by atoms with van der Waals surface area (Å²) >= 11 is 0. The lowest BCUT2D eigenvalue weighted by atomic mass is 9.84. The van der Waals surface area contributed by atoms with Crippen molar-refractivity contribution in [2.45, 2.75) is 25.0 Å². The summed E-state index contributed by atoms with van der Waals surface area (Å²) in [5.74, 6) is 0.359. The van der Waals surface area contributed by atoms with Gasteiger partial charge in [0.15, 0.2) is 5.76 Å². The normalized spacial score (nSPS) is 18.2. The van der Waals surface area contributed by atoms with Crippen molar-refractivity contribution in [2.75, 3.05) is 18.0 Å². The van der Waals surface area contributed by atoms with E-state index in [9.17, 15) is 5.11 Å². The third kappa shape index (κ3) is 2.39. The van der Waals surface area contributed by atoms with Crippen LogP contribution in [0.2, 0.25) is 0 Å². The van der Waals surface area contributed by atoms with Crippen molar-refractivity contribution in [1.29, 1.82) is 0 Å². The van der Waals surface area contributed by atoms with Crippen LogP contribution in [0.25, 0.3) is 11.3 Å². The molecule has 1 saturated heterocycles. The molecule has 132 valence electrons. The van der Waals surface area contributed by atoms with Gasteiger partial charge in [-0.2, -0.15) is 4.98 Å². The van der Waals surface area contributed by atoms with Gasteiger partial charge in [0.25, 0.3) is 5.88 Å². The van der Waals surface area contributed by atoms with Crippen LogP contribution in [-0.4, -0.2) is 23.2 Å². The van der Waals surface area contributed by atoms with Gasteiger partial charge in [-0.3, -0.25) is 0 Å². The van der Waals surface area contributed by atoms with Crippen molar-refractivity contribution in [3.8, 4) is 17.2 Å². The molecular formula is C21H20N2O3. The number of aromatic hydroxyl groups is 1. The number of nitrogens with zero attached hydrogens (tertiary/aromatic N) is 2. The van der Waals surface area contributed by atoms with Crippen LogP contribution in [-0.2, 0) is 16.9 Å². The molecule has 2 aliphatic rings. The summed E-state index contributed by atoms with van der Waals surface area (Å²) in [7, 11) is 0. The van der Waals surface area contributed by atoms with E-state index in [-0.39, 0.29) is 11.5 Å². The molecule has 3 heterocycles. The second kappa shape index (κ2) is 5.88. The number of rotatable bonds is 2. The van der Waals surface area contributed by atoms with Gasteiger partial charge in [-0.05, 0) is 24.0 Å². The molecule has 2 aromatic carbocycles. The molecule has 5 nitrogen and oxygen atoms in total. The summed E-state index contributed by atoms with van der Waals surface area (Å²) in [6.07, 6.45) is 1.77. The first-order valence-corrected chi connectivity index (χ1v) is 8.98. The number of hydrogen-bond donors (Lipinski definition) is 1. The fourth-order valence-corrected chi connectivity index (χ4v) is 4.07. The Hall–Kier alpha value is -2.79. The van der Waals surface area contributed by atoms with E-state index in [1.165, 1.54) is 11.1 Å². The SMILES string of the molecule is Oc1nc(N2CCC3(CC2)OCc2ccccc23)oc1-c1ccccc1. The topological polar surface area (TPSA) is 58.7 Å². The van der Waals surface area contributed by atoms with E-state index in [2.05, 4.69) is 34.1 Å². The summed E-state index contributed by atoms with van der Waals surface area (Å²) in [5, 5.41) is 10.2. The highest BCUT2D eigenvalue weighted by atomic mass is 16.5. The third-order valence-electron chi connectivity index (χ3n) is 5.49. The van der Waals surface area contributed by atoms with E-state index < -0.39 is 0 Å². The average molecular weight is 348 g/mol. The first-order chi connectivity index (χ1) is 12.8. The molecule has 1 fully saturated rings. The zero-order valence-corrected chi connectivity index (χ0v) is 14.4. The second-order valence-electron chi connectivity index (χ2n) is 6.94. The number of benzene rings is 2. The molecule has 5 heteroatoms. The molecule has 3 aromatic rings. The van der Waals surface area contributed by atoms with Crippen molar-refractivity contribution in [3.05, 3.63) is 65.7 Å². The maximum atomic E-state index is 10.2.